The predicted octanol–water partition coefficient (Wildman–Crippen LogP) is 4.01. The van der Waals surface area contributed by atoms with E-state index in [1.54, 1.807) is 19.2 Å². The van der Waals surface area contributed by atoms with Gasteiger partial charge in [-0.1, -0.05) is 18.6 Å². The van der Waals surface area contributed by atoms with Gasteiger partial charge in [-0.05, 0) is 88.9 Å². The van der Waals surface area contributed by atoms with Crippen LogP contribution in [0.15, 0.2) is 42.5 Å². The van der Waals surface area contributed by atoms with E-state index in [1.807, 2.05) is 42.2 Å². The highest BCUT2D eigenvalue weighted by Crippen LogP contribution is 2.38. The molecule has 9 nitrogen and oxygen atoms in total. The lowest BCUT2D eigenvalue weighted by molar-refractivity contribution is -0.135. The number of hydrogen-bond donors (Lipinski definition) is 2. The van der Waals surface area contributed by atoms with Gasteiger partial charge in [-0.25, -0.2) is 0 Å². The molecule has 0 saturated carbocycles. The molecule has 1 atom stereocenters. The van der Waals surface area contributed by atoms with Crippen molar-refractivity contribution >= 4 is 17.7 Å². The van der Waals surface area contributed by atoms with Crippen molar-refractivity contribution in [2.75, 3.05) is 46.4 Å². The molecule has 5 rings (SSSR count). The van der Waals surface area contributed by atoms with Crippen LogP contribution < -0.4 is 20.1 Å². The Morgan fingerprint density at radius 2 is 1.76 bits per heavy atom. The van der Waals surface area contributed by atoms with E-state index in [-0.39, 0.29) is 30.4 Å². The molecule has 3 amide bonds. The summed E-state index contributed by atoms with van der Waals surface area (Å²) in [6, 6.07) is 12.7. The molecular weight excluding hydrogens is 532 g/mol. The number of piperidine rings is 1. The molecule has 2 aromatic rings. The number of benzene rings is 2. The molecule has 0 unspecified atom stereocenters. The van der Waals surface area contributed by atoms with Crippen LogP contribution in [0.5, 0.6) is 11.5 Å². The van der Waals surface area contributed by atoms with Gasteiger partial charge in [0.2, 0.25) is 5.91 Å². The van der Waals surface area contributed by atoms with E-state index in [4.69, 9.17) is 9.47 Å². The van der Waals surface area contributed by atoms with Crippen LogP contribution in [0.25, 0.3) is 0 Å². The van der Waals surface area contributed by atoms with E-state index in [0.717, 1.165) is 43.8 Å². The second-order valence-electron chi connectivity index (χ2n) is 12.0. The van der Waals surface area contributed by atoms with Crippen molar-refractivity contribution in [3.8, 4) is 11.5 Å². The van der Waals surface area contributed by atoms with Crippen molar-refractivity contribution < 1.29 is 23.9 Å². The number of carbonyl (C=O) groups is 3. The summed E-state index contributed by atoms with van der Waals surface area (Å²) in [5, 5.41) is 6.18. The van der Waals surface area contributed by atoms with Crippen molar-refractivity contribution in [2.24, 2.45) is 5.41 Å². The number of rotatable bonds is 4. The Morgan fingerprint density at radius 1 is 1.00 bits per heavy atom. The van der Waals surface area contributed by atoms with Crippen molar-refractivity contribution in [2.45, 2.75) is 64.5 Å². The lowest BCUT2D eigenvalue weighted by atomic mass is 9.73. The fraction of sp³-hybridized carbons (Fsp3) is 0.545. The second-order valence-corrected chi connectivity index (χ2v) is 12.0. The highest BCUT2D eigenvalue weighted by molar-refractivity contribution is 5.97. The van der Waals surface area contributed by atoms with Crippen LogP contribution in [0.3, 0.4) is 0 Å². The Kier molecular flexibility index (Phi) is 9.67. The van der Waals surface area contributed by atoms with Gasteiger partial charge in [-0.2, -0.15) is 0 Å². The summed E-state index contributed by atoms with van der Waals surface area (Å²) in [4.78, 5) is 44.4. The molecule has 3 aliphatic heterocycles. The summed E-state index contributed by atoms with van der Waals surface area (Å²) in [6.07, 6.45) is 5.91. The zero-order chi connectivity index (χ0) is 29.5. The third-order valence-corrected chi connectivity index (χ3v) is 8.98. The fourth-order valence-corrected chi connectivity index (χ4v) is 6.43. The summed E-state index contributed by atoms with van der Waals surface area (Å²) >= 11 is 0. The first-order chi connectivity index (χ1) is 20.4. The van der Waals surface area contributed by atoms with E-state index < -0.39 is 5.41 Å². The summed E-state index contributed by atoms with van der Waals surface area (Å²) in [5.41, 5.74) is 1.65. The van der Waals surface area contributed by atoms with Crippen molar-refractivity contribution in [1.29, 1.82) is 0 Å². The normalized spacial score (nSPS) is 22.0. The van der Waals surface area contributed by atoms with Crippen molar-refractivity contribution in [3.63, 3.8) is 0 Å². The average molecular weight is 577 g/mol. The first kappa shape index (κ1) is 29.9. The van der Waals surface area contributed by atoms with Crippen LogP contribution in [0.4, 0.5) is 0 Å². The number of methoxy groups -OCH3 is 1. The quantitative estimate of drug-likeness (QED) is 0.571. The zero-order valence-electron chi connectivity index (χ0n) is 25.0. The average Bonchev–Trinajstić information content (AvgIpc) is 3.52. The Labute approximate surface area is 248 Å². The SMILES string of the molecule is COc1ccc(C(=O)N2CCC3(CCCCNC(=O)c4ccccc4OC[C@@H](C)NC3=O)CC2)cc1CN1CCCC1. The molecule has 9 heteroatoms. The maximum Gasteiger partial charge on any atom is 0.255 e. The third-order valence-electron chi connectivity index (χ3n) is 8.98. The number of carbonyl (C=O) groups excluding carboxylic acids is 3. The molecule has 2 saturated heterocycles. The highest BCUT2D eigenvalue weighted by atomic mass is 16.5. The molecule has 2 N–H and O–H groups in total. The number of nitrogens with zero attached hydrogens (tertiary/aromatic N) is 2. The van der Waals surface area contributed by atoms with Crippen LogP contribution in [-0.2, 0) is 11.3 Å². The monoisotopic (exact) mass is 576 g/mol. The van der Waals surface area contributed by atoms with Gasteiger partial charge in [0.15, 0.2) is 0 Å². The minimum atomic E-state index is -0.558. The molecule has 0 radical (unpaired) electrons. The topological polar surface area (TPSA) is 100 Å². The number of likely N-dealkylation sites (tertiary alicyclic amines) is 2. The van der Waals surface area contributed by atoms with Gasteiger partial charge in [0.05, 0.1) is 24.1 Å². The van der Waals surface area contributed by atoms with Gasteiger partial charge >= 0.3 is 0 Å². The minimum absolute atomic E-state index is 0.000351. The van der Waals surface area contributed by atoms with E-state index in [0.29, 0.717) is 55.8 Å². The van der Waals surface area contributed by atoms with Crippen LogP contribution >= 0.6 is 0 Å². The summed E-state index contributed by atoms with van der Waals surface area (Å²) in [7, 11) is 1.67. The van der Waals surface area contributed by atoms with E-state index in [1.165, 1.54) is 12.8 Å². The fourth-order valence-electron chi connectivity index (χ4n) is 6.43. The predicted molar refractivity (Wildman–Crippen MR) is 161 cm³/mol. The highest BCUT2D eigenvalue weighted by Gasteiger charge is 2.42. The zero-order valence-corrected chi connectivity index (χ0v) is 25.0. The number of hydrogen-bond acceptors (Lipinski definition) is 6. The largest absolute Gasteiger partial charge is 0.496 e. The van der Waals surface area contributed by atoms with Crippen LogP contribution in [0.1, 0.15) is 78.1 Å². The third kappa shape index (κ3) is 6.89. The van der Waals surface area contributed by atoms with Crippen LogP contribution in [0.2, 0.25) is 0 Å². The van der Waals surface area contributed by atoms with Gasteiger partial charge in [0.1, 0.15) is 18.1 Å². The number of para-hydroxylation sites is 1. The molecule has 1 spiro atoms. The van der Waals surface area contributed by atoms with Crippen molar-refractivity contribution in [1.82, 2.24) is 20.4 Å². The van der Waals surface area contributed by atoms with Gasteiger partial charge in [-0.15, -0.1) is 0 Å². The number of nitrogens with one attached hydrogen (secondary N) is 2. The van der Waals surface area contributed by atoms with E-state index in [9.17, 15) is 14.4 Å². The summed E-state index contributed by atoms with van der Waals surface area (Å²) in [5.74, 6) is 1.20. The molecule has 3 aliphatic rings. The standard InChI is InChI=1S/C33H44N4O5/c1-24-23-42-29-10-4-3-9-27(29)30(38)34-16-6-5-13-33(32(40)35-24)14-19-37(20-15-33)31(39)25-11-12-28(41-2)26(21-25)22-36-17-7-8-18-36/h3-4,9-12,21,24H,5-8,13-20,22-23H2,1-2H3,(H,34,38)(H,35,40)/t24-/m1/s1. The Morgan fingerprint density at radius 3 is 2.52 bits per heavy atom. The molecule has 2 fully saturated rings. The molecule has 0 aliphatic carbocycles. The Bertz CT molecular complexity index is 1270. The lowest BCUT2D eigenvalue weighted by Crippen LogP contribution is -2.52. The maximum atomic E-state index is 13.7. The summed E-state index contributed by atoms with van der Waals surface area (Å²) in [6.45, 7) is 6.67. The molecular formula is C33H44N4O5. The van der Waals surface area contributed by atoms with Gasteiger partial charge < -0.3 is 25.0 Å². The van der Waals surface area contributed by atoms with Crippen LogP contribution in [-0.4, -0.2) is 80.0 Å². The molecule has 42 heavy (non-hydrogen) atoms. The van der Waals surface area contributed by atoms with Crippen LogP contribution in [0, 0.1) is 5.41 Å². The maximum absolute atomic E-state index is 13.7. The number of ether oxygens (including phenoxy) is 2. The second kappa shape index (κ2) is 13.6. The molecule has 0 aromatic heterocycles. The molecule has 2 aromatic carbocycles. The minimum Gasteiger partial charge on any atom is -0.496 e. The Balaban J connectivity index is 1.25. The number of amides is 3. The number of fused-ring (bicyclic) bond motifs is 1. The smallest absolute Gasteiger partial charge is 0.255 e. The lowest BCUT2D eigenvalue weighted by Gasteiger charge is -2.41. The first-order valence-corrected chi connectivity index (χ1v) is 15.4. The molecule has 0 bridgehead atoms. The van der Waals surface area contributed by atoms with Gasteiger partial charge in [0.25, 0.3) is 11.8 Å². The summed E-state index contributed by atoms with van der Waals surface area (Å²) < 4.78 is 11.6. The molecule has 3 heterocycles. The van der Waals surface area contributed by atoms with E-state index in [2.05, 4.69) is 15.5 Å². The van der Waals surface area contributed by atoms with Crippen molar-refractivity contribution in [3.05, 3.63) is 59.2 Å². The molecule has 226 valence electrons. The van der Waals surface area contributed by atoms with Gasteiger partial charge in [0, 0.05) is 37.3 Å². The first-order valence-electron chi connectivity index (χ1n) is 15.4. The van der Waals surface area contributed by atoms with Gasteiger partial charge in [-0.3, -0.25) is 19.3 Å². The van der Waals surface area contributed by atoms with E-state index >= 15 is 0 Å². The Hall–Kier alpha value is -3.59.